The van der Waals surface area contributed by atoms with Crippen LogP contribution in [0.3, 0.4) is 0 Å². The molecule has 6 heteroatoms. The molecule has 1 atom stereocenters. The molecule has 20 heavy (non-hydrogen) atoms. The number of hydrogen-bond donors (Lipinski definition) is 2. The van der Waals surface area contributed by atoms with E-state index in [1.807, 2.05) is 6.20 Å². The molecule has 1 amide bonds. The quantitative estimate of drug-likeness (QED) is 0.866. The van der Waals surface area contributed by atoms with Gasteiger partial charge in [-0.15, -0.1) is 11.8 Å². The van der Waals surface area contributed by atoms with Gasteiger partial charge in [0.2, 0.25) is 5.91 Å². The number of anilines is 1. The molecule has 2 N–H and O–H groups in total. The van der Waals surface area contributed by atoms with Crippen molar-refractivity contribution in [3.05, 3.63) is 23.9 Å². The fourth-order valence-corrected chi connectivity index (χ4v) is 3.47. The van der Waals surface area contributed by atoms with Crippen LogP contribution in [0.15, 0.2) is 18.3 Å². The van der Waals surface area contributed by atoms with E-state index in [2.05, 4.69) is 32.7 Å². The lowest BCUT2D eigenvalue weighted by molar-refractivity contribution is -0.122. The van der Waals surface area contributed by atoms with Gasteiger partial charge in [-0.1, -0.05) is 6.07 Å². The Morgan fingerprint density at radius 3 is 2.95 bits per heavy atom. The summed E-state index contributed by atoms with van der Waals surface area (Å²) in [7, 11) is 0. The molecule has 0 aliphatic carbocycles. The minimum Gasteiger partial charge on any atom is -0.357 e. The van der Waals surface area contributed by atoms with Crippen LogP contribution in [0, 0.1) is 0 Å². The maximum atomic E-state index is 11.9. The Bertz CT molecular complexity index is 453. The summed E-state index contributed by atoms with van der Waals surface area (Å²) in [4.78, 5) is 18.7. The molecule has 2 aliphatic rings. The molecule has 3 rings (SSSR count). The van der Waals surface area contributed by atoms with Gasteiger partial charge in [-0.25, -0.2) is 4.98 Å². The van der Waals surface area contributed by atoms with Crippen molar-refractivity contribution in [3.8, 4) is 0 Å². The normalized spacial score (nSPS) is 22.2. The second kappa shape index (κ2) is 6.45. The highest BCUT2D eigenvalue weighted by molar-refractivity contribution is 7.99. The molecule has 3 heterocycles. The number of aromatic nitrogens is 1. The second-order valence-corrected chi connectivity index (χ2v) is 6.24. The van der Waals surface area contributed by atoms with Crippen LogP contribution in [-0.2, 0) is 11.3 Å². The summed E-state index contributed by atoms with van der Waals surface area (Å²) in [5.74, 6) is 2.85. The highest BCUT2D eigenvalue weighted by atomic mass is 32.2. The minimum atomic E-state index is -0.0446. The van der Waals surface area contributed by atoms with Crippen molar-refractivity contribution in [1.29, 1.82) is 0 Å². The van der Waals surface area contributed by atoms with Gasteiger partial charge in [-0.05, 0) is 24.5 Å². The fourth-order valence-electron chi connectivity index (χ4n) is 2.53. The molecule has 0 radical (unpaired) electrons. The molecule has 0 spiro atoms. The second-order valence-electron chi connectivity index (χ2n) is 5.21. The third-order valence-electron chi connectivity index (χ3n) is 3.74. The van der Waals surface area contributed by atoms with Gasteiger partial charge in [-0.3, -0.25) is 10.1 Å². The Kier molecular flexibility index (Phi) is 4.42. The number of carbonyl (C=O) groups excluding carboxylic acids is 1. The van der Waals surface area contributed by atoms with E-state index < -0.39 is 0 Å². The predicted molar refractivity (Wildman–Crippen MR) is 81.8 cm³/mol. The third-order valence-corrected chi connectivity index (χ3v) is 4.68. The Balaban J connectivity index is 1.51. The first-order valence-corrected chi connectivity index (χ1v) is 8.27. The maximum Gasteiger partial charge on any atom is 0.238 e. The van der Waals surface area contributed by atoms with Crippen LogP contribution in [0.1, 0.15) is 18.4 Å². The van der Waals surface area contributed by atoms with Crippen molar-refractivity contribution in [2.75, 3.05) is 29.6 Å². The van der Waals surface area contributed by atoms with E-state index in [0.717, 1.165) is 36.1 Å². The number of pyridine rings is 1. The molecule has 0 aromatic carbocycles. The zero-order valence-corrected chi connectivity index (χ0v) is 12.3. The first-order valence-electron chi connectivity index (χ1n) is 7.11. The average Bonchev–Trinajstić information content (AvgIpc) is 3.18. The number of amides is 1. The molecule has 2 fully saturated rings. The molecule has 1 aromatic rings. The van der Waals surface area contributed by atoms with Crippen molar-refractivity contribution in [2.24, 2.45) is 0 Å². The Morgan fingerprint density at radius 2 is 2.30 bits per heavy atom. The van der Waals surface area contributed by atoms with E-state index in [1.54, 1.807) is 11.8 Å². The molecule has 0 bridgehead atoms. The van der Waals surface area contributed by atoms with E-state index in [4.69, 9.17) is 0 Å². The molecule has 1 aromatic heterocycles. The van der Waals surface area contributed by atoms with E-state index in [9.17, 15) is 4.79 Å². The average molecular weight is 292 g/mol. The van der Waals surface area contributed by atoms with Crippen LogP contribution in [0.5, 0.6) is 0 Å². The predicted octanol–water partition coefficient (Wildman–Crippen LogP) is 0.960. The monoisotopic (exact) mass is 292 g/mol. The zero-order valence-electron chi connectivity index (χ0n) is 11.5. The maximum absolute atomic E-state index is 11.9. The molecular weight excluding hydrogens is 272 g/mol. The van der Waals surface area contributed by atoms with Crippen LogP contribution >= 0.6 is 11.8 Å². The first-order chi connectivity index (χ1) is 9.83. The van der Waals surface area contributed by atoms with Crippen molar-refractivity contribution in [2.45, 2.75) is 25.4 Å². The van der Waals surface area contributed by atoms with Crippen LogP contribution < -0.4 is 15.5 Å². The van der Waals surface area contributed by atoms with Gasteiger partial charge in [0.25, 0.3) is 0 Å². The van der Waals surface area contributed by atoms with Gasteiger partial charge in [0.15, 0.2) is 0 Å². The van der Waals surface area contributed by atoms with Crippen molar-refractivity contribution in [1.82, 2.24) is 15.6 Å². The molecule has 2 aliphatic heterocycles. The van der Waals surface area contributed by atoms with Gasteiger partial charge in [-0.2, -0.15) is 0 Å². The standard InChI is InChI=1S/C14H20N4OS/c19-14(12-9-20-10-17-12)16-8-11-3-4-13(15-7-11)18-5-1-2-6-18/h3-4,7,12,17H,1-2,5-6,8-10H2,(H,16,19). The summed E-state index contributed by atoms with van der Waals surface area (Å²) in [5, 5.41) is 6.13. The topological polar surface area (TPSA) is 57.3 Å². The largest absolute Gasteiger partial charge is 0.357 e. The van der Waals surface area contributed by atoms with Gasteiger partial charge in [0.05, 0.1) is 6.04 Å². The summed E-state index contributed by atoms with van der Waals surface area (Å²) in [6, 6.07) is 4.06. The number of nitrogens with zero attached hydrogens (tertiary/aromatic N) is 2. The summed E-state index contributed by atoms with van der Waals surface area (Å²) in [6.45, 7) is 2.76. The summed E-state index contributed by atoms with van der Waals surface area (Å²) < 4.78 is 0. The first kappa shape index (κ1) is 13.7. The smallest absolute Gasteiger partial charge is 0.238 e. The minimum absolute atomic E-state index is 0.0446. The summed E-state index contributed by atoms with van der Waals surface area (Å²) >= 11 is 1.76. The number of rotatable bonds is 4. The highest BCUT2D eigenvalue weighted by Crippen LogP contribution is 2.17. The van der Waals surface area contributed by atoms with Crippen LogP contribution in [0.2, 0.25) is 0 Å². The molecule has 2 saturated heterocycles. The van der Waals surface area contributed by atoms with Gasteiger partial charge in [0.1, 0.15) is 5.82 Å². The lowest BCUT2D eigenvalue weighted by atomic mass is 10.2. The Morgan fingerprint density at radius 1 is 1.45 bits per heavy atom. The molecule has 1 unspecified atom stereocenters. The van der Waals surface area contributed by atoms with Gasteiger partial charge < -0.3 is 10.2 Å². The molecule has 108 valence electrons. The van der Waals surface area contributed by atoms with Crippen LogP contribution in [-0.4, -0.2) is 41.7 Å². The lowest BCUT2D eigenvalue weighted by Gasteiger charge is -2.16. The Hall–Kier alpha value is -1.27. The third kappa shape index (κ3) is 3.24. The molecule has 0 saturated carbocycles. The zero-order chi connectivity index (χ0) is 13.8. The van der Waals surface area contributed by atoms with E-state index in [1.165, 1.54) is 12.8 Å². The summed E-state index contributed by atoms with van der Waals surface area (Å²) in [5.41, 5.74) is 1.05. The number of carbonyl (C=O) groups is 1. The number of nitrogens with one attached hydrogen (secondary N) is 2. The van der Waals surface area contributed by atoms with Crippen molar-refractivity contribution in [3.63, 3.8) is 0 Å². The van der Waals surface area contributed by atoms with E-state index >= 15 is 0 Å². The number of thioether (sulfide) groups is 1. The van der Waals surface area contributed by atoms with Crippen molar-refractivity contribution >= 4 is 23.5 Å². The van der Waals surface area contributed by atoms with Gasteiger partial charge in [0, 0.05) is 37.5 Å². The molecular formula is C14H20N4OS. The highest BCUT2D eigenvalue weighted by Gasteiger charge is 2.21. The van der Waals surface area contributed by atoms with Crippen LogP contribution in [0.4, 0.5) is 5.82 Å². The van der Waals surface area contributed by atoms with E-state index in [-0.39, 0.29) is 11.9 Å². The SMILES string of the molecule is O=C(NCc1ccc(N2CCCC2)nc1)C1CSCN1. The van der Waals surface area contributed by atoms with Gasteiger partial charge >= 0.3 is 0 Å². The van der Waals surface area contributed by atoms with Crippen LogP contribution in [0.25, 0.3) is 0 Å². The van der Waals surface area contributed by atoms with E-state index in [0.29, 0.717) is 6.54 Å². The lowest BCUT2D eigenvalue weighted by Crippen LogP contribution is -2.41. The number of hydrogen-bond acceptors (Lipinski definition) is 5. The summed E-state index contributed by atoms with van der Waals surface area (Å²) in [6.07, 6.45) is 4.38. The Labute approximate surface area is 123 Å². The molecule has 5 nitrogen and oxygen atoms in total. The van der Waals surface area contributed by atoms with Crippen molar-refractivity contribution < 1.29 is 4.79 Å². The fraction of sp³-hybridized carbons (Fsp3) is 0.571.